The molecule has 1 aromatic carbocycles. The van der Waals surface area contributed by atoms with Gasteiger partial charge in [-0.25, -0.2) is 4.98 Å². The number of alkyl halides is 1. The third kappa shape index (κ3) is 2.32. The first-order valence-corrected chi connectivity index (χ1v) is 6.85. The average molecular weight is 267 g/mol. The van der Waals surface area contributed by atoms with Crippen LogP contribution in [-0.4, -0.2) is 16.7 Å². The molecular formula is C14H19ClN2O. The second-order valence-electron chi connectivity index (χ2n) is 4.52. The summed E-state index contributed by atoms with van der Waals surface area (Å²) in [6.45, 7) is 4.41. The van der Waals surface area contributed by atoms with E-state index in [0.29, 0.717) is 11.9 Å². The first-order chi connectivity index (χ1) is 8.71. The fourth-order valence-electron chi connectivity index (χ4n) is 2.39. The van der Waals surface area contributed by atoms with Crippen LogP contribution in [0, 0.1) is 0 Å². The molecule has 0 aliphatic carbocycles. The van der Waals surface area contributed by atoms with Crippen LogP contribution in [0.2, 0.25) is 0 Å². The van der Waals surface area contributed by atoms with E-state index in [1.54, 1.807) is 7.11 Å². The third-order valence-corrected chi connectivity index (χ3v) is 3.48. The van der Waals surface area contributed by atoms with Crippen molar-refractivity contribution in [2.45, 2.75) is 38.6 Å². The standard InChI is InChI=1S/C14H19ClN2O/c1-4-5-10(2)17-13-7-6-11(18-3)8-12(13)16-14(17)9-15/h6-8,10H,4-5,9H2,1-3H3. The fourth-order valence-corrected chi connectivity index (χ4v) is 2.58. The number of imidazole rings is 1. The molecule has 0 amide bonds. The minimum absolute atomic E-state index is 0.419. The van der Waals surface area contributed by atoms with E-state index in [4.69, 9.17) is 16.3 Å². The summed E-state index contributed by atoms with van der Waals surface area (Å²) in [5.41, 5.74) is 2.08. The van der Waals surface area contributed by atoms with Crippen molar-refractivity contribution in [2.75, 3.05) is 7.11 Å². The summed E-state index contributed by atoms with van der Waals surface area (Å²) < 4.78 is 7.47. The Kier molecular flexibility index (Phi) is 4.12. The summed E-state index contributed by atoms with van der Waals surface area (Å²) in [4.78, 5) is 4.59. The average Bonchev–Trinajstić information content (AvgIpc) is 2.76. The number of rotatable bonds is 5. The number of halogens is 1. The van der Waals surface area contributed by atoms with Crippen LogP contribution in [0.1, 0.15) is 38.6 Å². The zero-order chi connectivity index (χ0) is 13.1. The van der Waals surface area contributed by atoms with Crippen molar-refractivity contribution in [3.63, 3.8) is 0 Å². The van der Waals surface area contributed by atoms with Gasteiger partial charge in [0.15, 0.2) is 0 Å². The summed E-state index contributed by atoms with van der Waals surface area (Å²) in [6, 6.07) is 6.41. The molecule has 0 aliphatic rings. The molecule has 3 nitrogen and oxygen atoms in total. The molecule has 0 radical (unpaired) electrons. The lowest BCUT2D eigenvalue weighted by atomic mass is 10.2. The molecular weight excluding hydrogens is 248 g/mol. The second kappa shape index (κ2) is 5.61. The van der Waals surface area contributed by atoms with Gasteiger partial charge in [-0.3, -0.25) is 0 Å². The molecule has 98 valence electrons. The Morgan fingerprint density at radius 2 is 2.22 bits per heavy atom. The quantitative estimate of drug-likeness (QED) is 0.761. The molecule has 1 aromatic heterocycles. The van der Waals surface area contributed by atoms with Crippen LogP contribution in [0.25, 0.3) is 11.0 Å². The second-order valence-corrected chi connectivity index (χ2v) is 4.79. The molecule has 2 rings (SSSR count). The van der Waals surface area contributed by atoms with Gasteiger partial charge in [-0.1, -0.05) is 13.3 Å². The number of benzene rings is 1. The van der Waals surface area contributed by atoms with E-state index >= 15 is 0 Å². The van der Waals surface area contributed by atoms with Crippen LogP contribution in [-0.2, 0) is 5.88 Å². The Morgan fingerprint density at radius 3 is 2.83 bits per heavy atom. The number of methoxy groups -OCH3 is 1. The lowest BCUT2D eigenvalue weighted by Gasteiger charge is -2.16. The van der Waals surface area contributed by atoms with Crippen molar-refractivity contribution in [3.05, 3.63) is 24.0 Å². The first kappa shape index (κ1) is 13.2. The maximum atomic E-state index is 6.01. The van der Waals surface area contributed by atoms with Gasteiger partial charge in [0.1, 0.15) is 11.6 Å². The molecule has 0 N–H and O–H groups in total. The van der Waals surface area contributed by atoms with Gasteiger partial charge in [0.25, 0.3) is 0 Å². The predicted octanol–water partition coefficient (Wildman–Crippen LogP) is 4.14. The lowest BCUT2D eigenvalue weighted by Crippen LogP contribution is -2.08. The lowest BCUT2D eigenvalue weighted by molar-refractivity contribution is 0.415. The molecule has 4 heteroatoms. The van der Waals surface area contributed by atoms with E-state index < -0.39 is 0 Å². The highest BCUT2D eigenvalue weighted by Gasteiger charge is 2.15. The summed E-state index contributed by atoms with van der Waals surface area (Å²) in [5, 5.41) is 0. The van der Waals surface area contributed by atoms with Crippen LogP contribution in [0.3, 0.4) is 0 Å². The molecule has 0 aliphatic heterocycles. The van der Waals surface area contributed by atoms with E-state index in [1.165, 1.54) is 0 Å². The maximum Gasteiger partial charge on any atom is 0.125 e. The summed E-state index contributed by atoms with van der Waals surface area (Å²) in [7, 11) is 1.67. The maximum absolute atomic E-state index is 6.01. The molecule has 1 heterocycles. The highest BCUT2D eigenvalue weighted by atomic mass is 35.5. The van der Waals surface area contributed by atoms with Gasteiger partial charge in [-0.2, -0.15) is 0 Å². The third-order valence-electron chi connectivity index (χ3n) is 3.24. The zero-order valence-electron chi connectivity index (χ0n) is 11.1. The minimum Gasteiger partial charge on any atom is -0.497 e. The van der Waals surface area contributed by atoms with Crippen LogP contribution in [0.5, 0.6) is 5.75 Å². The van der Waals surface area contributed by atoms with E-state index in [2.05, 4.69) is 29.5 Å². The minimum atomic E-state index is 0.419. The monoisotopic (exact) mass is 266 g/mol. The van der Waals surface area contributed by atoms with Crippen LogP contribution >= 0.6 is 11.6 Å². The van der Waals surface area contributed by atoms with Gasteiger partial charge in [-0.05, 0) is 25.5 Å². The molecule has 18 heavy (non-hydrogen) atoms. The van der Waals surface area contributed by atoms with Gasteiger partial charge in [0.05, 0.1) is 24.0 Å². The molecule has 1 unspecified atom stereocenters. The summed E-state index contributed by atoms with van der Waals surface area (Å²) in [6.07, 6.45) is 2.28. The normalized spacial score (nSPS) is 12.9. The molecule has 0 saturated carbocycles. The topological polar surface area (TPSA) is 27.1 Å². The van der Waals surface area contributed by atoms with E-state index in [-0.39, 0.29) is 0 Å². The fraction of sp³-hybridized carbons (Fsp3) is 0.500. The van der Waals surface area contributed by atoms with Crippen molar-refractivity contribution in [1.29, 1.82) is 0 Å². The Hall–Kier alpha value is -1.22. The molecule has 0 spiro atoms. The van der Waals surface area contributed by atoms with Crippen LogP contribution in [0.15, 0.2) is 18.2 Å². The zero-order valence-corrected chi connectivity index (χ0v) is 11.9. The van der Waals surface area contributed by atoms with Crippen molar-refractivity contribution < 1.29 is 4.74 Å². The van der Waals surface area contributed by atoms with Crippen molar-refractivity contribution in [1.82, 2.24) is 9.55 Å². The van der Waals surface area contributed by atoms with Gasteiger partial charge in [0.2, 0.25) is 0 Å². The number of nitrogens with zero attached hydrogens (tertiary/aromatic N) is 2. The van der Waals surface area contributed by atoms with Crippen LogP contribution in [0.4, 0.5) is 0 Å². The molecule has 2 aromatic rings. The van der Waals surface area contributed by atoms with Crippen molar-refractivity contribution >= 4 is 22.6 Å². The van der Waals surface area contributed by atoms with E-state index in [9.17, 15) is 0 Å². The van der Waals surface area contributed by atoms with Crippen LogP contribution < -0.4 is 4.74 Å². The number of aromatic nitrogens is 2. The Balaban J connectivity index is 2.55. The molecule has 1 atom stereocenters. The smallest absolute Gasteiger partial charge is 0.125 e. The largest absolute Gasteiger partial charge is 0.497 e. The van der Waals surface area contributed by atoms with Gasteiger partial charge < -0.3 is 9.30 Å². The molecule has 0 saturated heterocycles. The Labute approximate surface area is 113 Å². The highest BCUT2D eigenvalue weighted by molar-refractivity contribution is 6.16. The predicted molar refractivity (Wildman–Crippen MR) is 75.5 cm³/mol. The Morgan fingerprint density at radius 1 is 1.44 bits per heavy atom. The Bertz CT molecular complexity index is 536. The number of hydrogen-bond donors (Lipinski definition) is 0. The van der Waals surface area contributed by atoms with Gasteiger partial charge >= 0.3 is 0 Å². The number of ether oxygens (including phenoxy) is 1. The SMILES string of the molecule is CCCC(C)n1c(CCl)nc2cc(OC)ccc21. The van der Waals surface area contributed by atoms with E-state index in [0.717, 1.165) is 35.4 Å². The molecule has 0 fully saturated rings. The number of fused-ring (bicyclic) bond motifs is 1. The molecule has 0 bridgehead atoms. The first-order valence-electron chi connectivity index (χ1n) is 6.32. The summed E-state index contributed by atoms with van der Waals surface area (Å²) in [5.74, 6) is 2.20. The summed E-state index contributed by atoms with van der Waals surface area (Å²) >= 11 is 6.01. The highest BCUT2D eigenvalue weighted by Crippen LogP contribution is 2.27. The van der Waals surface area contributed by atoms with Gasteiger partial charge in [-0.15, -0.1) is 11.6 Å². The van der Waals surface area contributed by atoms with Crippen molar-refractivity contribution in [3.8, 4) is 5.75 Å². The number of hydrogen-bond acceptors (Lipinski definition) is 2. The van der Waals surface area contributed by atoms with Crippen molar-refractivity contribution in [2.24, 2.45) is 0 Å². The van der Waals surface area contributed by atoms with Gasteiger partial charge in [0, 0.05) is 12.1 Å². The van der Waals surface area contributed by atoms with E-state index in [1.807, 2.05) is 12.1 Å².